The summed E-state index contributed by atoms with van der Waals surface area (Å²) >= 11 is 5.43. The van der Waals surface area contributed by atoms with E-state index in [0.29, 0.717) is 0 Å². The van der Waals surface area contributed by atoms with Crippen LogP contribution in [0.3, 0.4) is 0 Å². The summed E-state index contributed by atoms with van der Waals surface area (Å²) in [7, 11) is -3.80. The van der Waals surface area contributed by atoms with E-state index in [1.807, 2.05) is 0 Å². The van der Waals surface area contributed by atoms with E-state index in [-0.39, 0.29) is 11.6 Å². The minimum absolute atomic E-state index is 0.00495. The van der Waals surface area contributed by atoms with Crippen LogP contribution in [0.4, 0.5) is 4.39 Å². The Kier molecular flexibility index (Phi) is 3.62. The number of aryl methyl sites for hydroxylation is 1. The van der Waals surface area contributed by atoms with Crippen LogP contribution in [0.1, 0.15) is 12.6 Å². The minimum Gasteiger partial charge on any atom is -0.239 e. The maximum atomic E-state index is 13.4. The number of nitrogens with zero attached hydrogens (tertiary/aromatic N) is 2. The summed E-state index contributed by atoms with van der Waals surface area (Å²) in [6, 6.07) is 0. The zero-order chi connectivity index (χ0) is 11.6. The van der Waals surface area contributed by atoms with Crippen molar-refractivity contribution < 1.29 is 12.8 Å². The largest absolute Gasteiger partial charge is 0.239 e. The van der Waals surface area contributed by atoms with Gasteiger partial charge in [0.05, 0.1) is 10.9 Å². The van der Waals surface area contributed by atoms with E-state index >= 15 is 0 Å². The number of sulfone groups is 1. The summed E-state index contributed by atoms with van der Waals surface area (Å²) in [5, 5.41) is -1.45. The van der Waals surface area contributed by atoms with E-state index in [2.05, 4.69) is 9.97 Å². The van der Waals surface area contributed by atoms with Crippen molar-refractivity contribution in [2.75, 3.05) is 5.88 Å². The molecular formula is C8H10ClFN2O2S. The summed E-state index contributed by atoms with van der Waals surface area (Å²) < 4.78 is 36.9. The van der Waals surface area contributed by atoms with Crippen molar-refractivity contribution in [1.82, 2.24) is 9.97 Å². The van der Waals surface area contributed by atoms with Gasteiger partial charge >= 0.3 is 0 Å². The average Bonchev–Trinajstić information content (AvgIpc) is 2.20. The number of aromatic nitrogens is 2. The third-order valence-corrected chi connectivity index (χ3v) is 4.64. The van der Waals surface area contributed by atoms with Crippen molar-refractivity contribution in [3.8, 4) is 0 Å². The van der Waals surface area contributed by atoms with Gasteiger partial charge in [-0.3, -0.25) is 0 Å². The van der Waals surface area contributed by atoms with Crippen molar-refractivity contribution >= 4 is 21.4 Å². The molecule has 1 rings (SSSR count). The second-order valence-electron chi connectivity index (χ2n) is 3.09. The molecule has 4 nitrogen and oxygen atoms in total. The first-order chi connectivity index (χ1) is 6.91. The van der Waals surface area contributed by atoms with Crippen LogP contribution in [0.25, 0.3) is 0 Å². The molecule has 0 aliphatic heterocycles. The van der Waals surface area contributed by atoms with E-state index in [9.17, 15) is 12.8 Å². The Morgan fingerprint density at radius 2 is 2.13 bits per heavy atom. The van der Waals surface area contributed by atoms with E-state index < -0.39 is 25.9 Å². The molecule has 7 heteroatoms. The van der Waals surface area contributed by atoms with Crippen LogP contribution in [-0.2, 0) is 9.84 Å². The summed E-state index contributed by atoms with van der Waals surface area (Å²) in [6.45, 7) is 2.78. The molecule has 1 atom stereocenters. The monoisotopic (exact) mass is 252 g/mol. The molecule has 1 aromatic heterocycles. The molecule has 1 aromatic rings. The summed E-state index contributed by atoms with van der Waals surface area (Å²) in [4.78, 5) is 7.00. The van der Waals surface area contributed by atoms with Crippen LogP contribution in [0.15, 0.2) is 11.4 Å². The normalized spacial score (nSPS) is 13.9. The van der Waals surface area contributed by atoms with Gasteiger partial charge in [-0.1, -0.05) is 0 Å². The SMILES string of the molecule is Cc1ncnc(S(=O)(=O)C(C)CCl)c1F. The summed E-state index contributed by atoms with van der Waals surface area (Å²) in [5.74, 6) is -1.01. The molecule has 15 heavy (non-hydrogen) atoms. The molecule has 0 saturated carbocycles. The molecule has 84 valence electrons. The highest BCUT2D eigenvalue weighted by Crippen LogP contribution is 2.18. The van der Waals surface area contributed by atoms with Gasteiger partial charge < -0.3 is 0 Å². The lowest BCUT2D eigenvalue weighted by molar-refractivity contribution is 0.536. The second kappa shape index (κ2) is 4.40. The fourth-order valence-electron chi connectivity index (χ4n) is 0.908. The Balaban J connectivity index is 3.34. The first-order valence-electron chi connectivity index (χ1n) is 4.18. The fraction of sp³-hybridized carbons (Fsp3) is 0.500. The van der Waals surface area contributed by atoms with Crippen molar-refractivity contribution in [2.24, 2.45) is 0 Å². The standard InChI is InChI=1S/C8H10ClFN2O2S/c1-5(3-9)15(13,14)8-7(10)6(2)11-4-12-8/h4-5H,3H2,1-2H3. The highest BCUT2D eigenvalue weighted by Gasteiger charge is 2.28. The van der Waals surface area contributed by atoms with Gasteiger partial charge in [0.15, 0.2) is 10.8 Å². The molecule has 1 heterocycles. The van der Waals surface area contributed by atoms with Crippen LogP contribution >= 0.6 is 11.6 Å². The van der Waals surface area contributed by atoms with Gasteiger partial charge in [0.2, 0.25) is 9.84 Å². The van der Waals surface area contributed by atoms with Crippen LogP contribution in [0, 0.1) is 12.7 Å². The molecule has 0 aliphatic rings. The van der Waals surface area contributed by atoms with Gasteiger partial charge in [-0.15, -0.1) is 11.6 Å². The van der Waals surface area contributed by atoms with E-state index in [1.165, 1.54) is 13.8 Å². The predicted molar refractivity (Wildman–Crippen MR) is 54.1 cm³/mol. The quantitative estimate of drug-likeness (QED) is 0.601. The second-order valence-corrected chi connectivity index (χ2v) is 5.68. The highest BCUT2D eigenvalue weighted by molar-refractivity contribution is 7.92. The Bertz CT molecular complexity index is 464. The predicted octanol–water partition coefficient (Wildman–Crippen LogP) is 1.33. The lowest BCUT2D eigenvalue weighted by atomic mass is 10.4. The fourth-order valence-corrected chi connectivity index (χ4v) is 2.54. The highest BCUT2D eigenvalue weighted by atomic mass is 35.5. The maximum absolute atomic E-state index is 13.4. The van der Waals surface area contributed by atoms with E-state index in [4.69, 9.17) is 11.6 Å². The van der Waals surface area contributed by atoms with Gasteiger partial charge in [-0.25, -0.2) is 22.8 Å². The summed E-state index contributed by atoms with van der Waals surface area (Å²) in [5.41, 5.74) is 0.00495. The molecular weight excluding hydrogens is 243 g/mol. The van der Waals surface area contributed by atoms with Gasteiger partial charge in [0.25, 0.3) is 0 Å². The van der Waals surface area contributed by atoms with Crippen molar-refractivity contribution in [2.45, 2.75) is 24.1 Å². The Hall–Kier alpha value is -0.750. The van der Waals surface area contributed by atoms with Gasteiger partial charge in [0, 0.05) is 5.88 Å². The number of hydrogen-bond donors (Lipinski definition) is 0. The van der Waals surface area contributed by atoms with Gasteiger partial charge in [-0.05, 0) is 13.8 Å². The molecule has 1 unspecified atom stereocenters. The number of hydrogen-bond acceptors (Lipinski definition) is 4. The molecule has 0 amide bonds. The molecule has 0 fully saturated rings. The molecule has 0 radical (unpaired) electrons. The third kappa shape index (κ3) is 2.26. The zero-order valence-electron chi connectivity index (χ0n) is 8.24. The topological polar surface area (TPSA) is 59.9 Å². The average molecular weight is 253 g/mol. The Morgan fingerprint density at radius 1 is 1.53 bits per heavy atom. The van der Waals surface area contributed by atoms with Gasteiger partial charge in [-0.2, -0.15) is 0 Å². The Labute approximate surface area is 92.4 Å². The third-order valence-electron chi connectivity index (χ3n) is 1.95. The molecule has 0 bridgehead atoms. The molecule has 0 spiro atoms. The number of halogens is 2. The Morgan fingerprint density at radius 3 is 2.67 bits per heavy atom. The van der Waals surface area contributed by atoms with Crippen LogP contribution in [0.2, 0.25) is 0 Å². The van der Waals surface area contributed by atoms with Crippen molar-refractivity contribution in [1.29, 1.82) is 0 Å². The van der Waals surface area contributed by atoms with Crippen molar-refractivity contribution in [3.05, 3.63) is 17.8 Å². The summed E-state index contributed by atoms with van der Waals surface area (Å²) in [6.07, 6.45) is 1.02. The van der Waals surface area contributed by atoms with Gasteiger partial charge in [0.1, 0.15) is 6.33 Å². The molecule has 0 saturated heterocycles. The smallest absolute Gasteiger partial charge is 0.202 e. The van der Waals surface area contributed by atoms with Crippen LogP contribution in [-0.4, -0.2) is 29.5 Å². The van der Waals surface area contributed by atoms with Crippen LogP contribution in [0.5, 0.6) is 0 Å². The van der Waals surface area contributed by atoms with Crippen molar-refractivity contribution in [3.63, 3.8) is 0 Å². The van der Waals surface area contributed by atoms with Crippen LogP contribution < -0.4 is 0 Å². The van der Waals surface area contributed by atoms with E-state index in [0.717, 1.165) is 6.33 Å². The lowest BCUT2D eigenvalue weighted by Crippen LogP contribution is -2.22. The first-order valence-corrected chi connectivity index (χ1v) is 6.26. The minimum atomic E-state index is -3.80. The number of rotatable bonds is 3. The molecule has 0 aliphatic carbocycles. The lowest BCUT2D eigenvalue weighted by Gasteiger charge is -2.09. The number of alkyl halides is 1. The molecule has 0 N–H and O–H groups in total. The van der Waals surface area contributed by atoms with E-state index in [1.54, 1.807) is 0 Å². The first kappa shape index (κ1) is 12.3. The maximum Gasteiger partial charge on any atom is 0.202 e. The zero-order valence-corrected chi connectivity index (χ0v) is 9.81. The molecule has 0 aromatic carbocycles.